The Kier molecular flexibility index (Phi) is 15.5. The van der Waals surface area contributed by atoms with Gasteiger partial charge in [-0.3, -0.25) is 5.41 Å². The molecular formula is C46H46Br2N10O9S2. The van der Waals surface area contributed by atoms with Gasteiger partial charge in [-0.2, -0.15) is 0 Å². The van der Waals surface area contributed by atoms with Crippen molar-refractivity contribution in [3.63, 3.8) is 0 Å². The van der Waals surface area contributed by atoms with Crippen LogP contribution in [0.2, 0.25) is 0 Å². The molecule has 1 aliphatic rings. The van der Waals surface area contributed by atoms with Crippen LogP contribution in [0.15, 0.2) is 96.3 Å². The van der Waals surface area contributed by atoms with Crippen molar-refractivity contribution >= 4 is 83.5 Å². The molecule has 4 aromatic carbocycles. The van der Waals surface area contributed by atoms with Crippen LogP contribution < -0.4 is 53.9 Å². The molecule has 69 heavy (non-hydrogen) atoms. The summed E-state index contributed by atoms with van der Waals surface area (Å²) in [6, 6.07) is 17.3. The largest absolute Gasteiger partial charge is 0.497 e. The van der Waals surface area contributed by atoms with Crippen LogP contribution in [-0.4, -0.2) is 95.6 Å². The van der Waals surface area contributed by atoms with Gasteiger partial charge < -0.3 is 62.5 Å². The number of halogens is 2. The van der Waals surface area contributed by atoms with E-state index >= 15 is 0 Å². The quantitative estimate of drug-likeness (QED) is 0.0775. The Morgan fingerprint density at radius 3 is 1.90 bits per heavy atom. The van der Waals surface area contributed by atoms with Gasteiger partial charge in [0.05, 0.1) is 56.1 Å². The molecule has 0 saturated carbocycles. The molecule has 0 radical (unpaired) electrons. The molecule has 0 aliphatic carbocycles. The summed E-state index contributed by atoms with van der Waals surface area (Å²) in [5, 5.41) is 9.61. The summed E-state index contributed by atoms with van der Waals surface area (Å²) in [6.07, 6.45) is 4.41. The van der Waals surface area contributed by atoms with E-state index in [2.05, 4.69) is 51.8 Å². The van der Waals surface area contributed by atoms with Gasteiger partial charge in [0.25, 0.3) is 0 Å². The lowest BCUT2D eigenvalue weighted by atomic mass is 10.1. The molecule has 4 N–H and O–H groups in total. The third kappa shape index (κ3) is 10.6. The Bertz CT molecular complexity index is 3170. The van der Waals surface area contributed by atoms with E-state index < -0.39 is 0 Å². The predicted molar refractivity (Wildman–Crippen MR) is 266 cm³/mol. The molecule has 19 nitrogen and oxygen atoms in total. The van der Waals surface area contributed by atoms with Crippen LogP contribution in [0.3, 0.4) is 0 Å². The molecular weight excluding hydrogens is 1060 g/mol. The lowest BCUT2D eigenvalue weighted by Gasteiger charge is -2.15. The first kappa shape index (κ1) is 48.9. The Hall–Kier alpha value is -6.56. The van der Waals surface area contributed by atoms with E-state index in [1.165, 1.54) is 29.9 Å². The summed E-state index contributed by atoms with van der Waals surface area (Å²) in [5.41, 5.74) is 10.7. The van der Waals surface area contributed by atoms with E-state index in [1.807, 2.05) is 63.7 Å². The number of hydrogen-bond acceptors (Lipinski definition) is 18. The summed E-state index contributed by atoms with van der Waals surface area (Å²) in [7, 11) is 11.2. The fourth-order valence-electron chi connectivity index (χ4n) is 7.31. The van der Waals surface area contributed by atoms with Gasteiger partial charge in [0, 0.05) is 31.8 Å². The summed E-state index contributed by atoms with van der Waals surface area (Å²) in [6.45, 7) is 1.38. The first-order chi connectivity index (χ1) is 33.5. The second-order valence-corrected chi connectivity index (χ2v) is 18.5. The van der Waals surface area contributed by atoms with E-state index in [0.717, 1.165) is 40.8 Å². The Balaban J connectivity index is 0.000000186. The Labute approximate surface area is 421 Å². The number of nitrogens with zero attached hydrogens (tertiary/aromatic N) is 7. The van der Waals surface area contributed by atoms with E-state index in [4.69, 9.17) is 63.7 Å². The molecule has 4 aromatic heterocycles. The number of anilines is 1. The molecule has 0 amide bonds. The molecule has 0 saturated heterocycles. The predicted octanol–water partition coefficient (Wildman–Crippen LogP) is 8.75. The molecule has 0 unspecified atom stereocenters. The van der Waals surface area contributed by atoms with Crippen molar-refractivity contribution in [2.24, 2.45) is 0 Å². The van der Waals surface area contributed by atoms with Crippen molar-refractivity contribution in [1.82, 2.24) is 39.0 Å². The molecule has 9 rings (SSSR count). The number of nitrogens with two attached hydrogens (primary N) is 1. The number of nitrogens with one attached hydrogen (secondary N) is 2. The van der Waals surface area contributed by atoms with E-state index in [9.17, 15) is 0 Å². The zero-order valence-corrected chi connectivity index (χ0v) is 43.1. The summed E-state index contributed by atoms with van der Waals surface area (Å²) < 4.78 is 54.9. The maximum Gasteiger partial charge on any atom is 0.231 e. The number of H-pyrrole nitrogens is 1. The fourth-order valence-corrected chi connectivity index (χ4v) is 10.1. The number of aromatic nitrogens is 8. The van der Waals surface area contributed by atoms with Crippen LogP contribution in [0.4, 0.5) is 5.82 Å². The highest BCUT2D eigenvalue weighted by molar-refractivity contribution is 9.10. The third-order valence-corrected chi connectivity index (χ3v) is 14.6. The fraction of sp³-hybridized carbons (Fsp3) is 0.261. The number of rotatable bonds is 17. The van der Waals surface area contributed by atoms with Crippen LogP contribution in [-0.2, 0) is 25.9 Å². The van der Waals surface area contributed by atoms with Crippen molar-refractivity contribution < 1.29 is 42.6 Å². The first-order valence-electron chi connectivity index (χ1n) is 20.8. The van der Waals surface area contributed by atoms with Gasteiger partial charge in [-0.05, 0) is 110 Å². The molecule has 0 atom stereocenters. The van der Waals surface area contributed by atoms with Gasteiger partial charge in [0.2, 0.25) is 18.3 Å². The number of ether oxygens (including phenoxy) is 9. The monoisotopic (exact) mass is 1100 g/mol. The minimum Gasteiger partial charge on any atom is -0.497 e. The number of benzene rings is 4. The molecule has 23 heteroatoms. The SMILES string of the molecule is COc1cc(CCn2c(Sc3cc4c(cc3Br)OCO4)nc3c(N)ncnc32)cc(OC)c1OC.COc1ccc(Br)c(Sc2nc3c([nH]2)c(=N)ncn3CCc2cc(OC)c(OC)c(OC)c2)c1. The summed E-state index contributed by atoms with van der Waals surface area (Å²) >= 11 is 10.1. The minimum absolute atomic E-state index is 0.142. The number of methoxy groups -OCH3 is 7. The highest BCUT2D eigenvalue weighted by Crippen LogP contribution is 2.44. The molecule has 1 aliphatic heterocycles. The zero-order chi connectivity index (χ0) is 48.8. The van der Waals surface area contributed by atoms with Crippen molar-refractivity contribution in [2.75, 3.05) is 62.3 Å². The van der Waals surface area contributed by atoms with Crippen molar-refractivity contribution in [2.45, 2.75) is 46.0 Å². The van der Waals surface area contributed by atoms with Gasteiger partial charge in [0.1, 0.15) is 17.6 Å². The molecule has 0 spiro atoms. The number of nitrogen functional groups attached to an aromatic ring is 1. The van der Waals surface area contributed by atoms with Crippen LogP contribution in [0.5, 0.6) is 51.7 Å². The van der Waals surface area contributed by atoms with Crippen molar-refractivity contribution in [1.29, 1.82) is 5.41 Å². The average molecular weight is 1110 g/mol. The van der Waals surface area contributed by atoms with E-state index in [0.29, 0.717) is 105 Å². The number of aromatic amines is 1. The molecule has 0 bridgehead atoms. The Morgan fingerprint density at radius 1 is 0.681 bits per heavy atom. The van der Waals surface area contributed by atoms with E-state index in [-0.39, 0.29) is 12.3 Å². The first-order valence-corrected chi connectivity index (χ1v) is 24.0. The topological polar surface area (TPSA) is 223 Å². The molecule has 0 fully saturated rings. The van der Waals surface area contributed by atoms with Gasteiger partial charge in [0.15, 0.2) is 72.9 Å². The number of fused-ring (bicyclic) bond motifs is 3. The third-order valence-electron chi connectivity index (χ3n) is 10.7. The Morgan fingerprint density at radius 2 is 1.29 bits per heavy atom. The maximum atomic E-state index is 8.23. The molecule has 360 valence electrons. The van der Waals surface area contributed by atoms with Crippen molar-refractivity contribution in [3.05, 3.63) is 92.8 Å². The highest BCUT2D eigenvalue weighted by atomic mass is 79.9. The van der Waals surface area contributed by atoms with Gasteiger partial charge >= 0.3 is 0 Å². The zero-order valence-electron chi connectivity index (χ0n) is 38.3. The smallest absolute Gasteiger partial charge is 0.231 e. The average Bonchev–Trinajstić information content (AvgIpc) is 4.11. The summed E-state index contributed by atoms with van der Waals surface area (Å²) in [5.74, 6) is 5.99. The molecule has 8 aromatic rings. The second kappa shape index (κ2) is 21.8. The highest BCUT2D eigenvalue weighted by Gasteiger charge is 2.22. The van der Waals surface area contributed by atoms with Crippen LogP contribution in [0.1, 0.15) is 11.1 Å². The van der Waals surface area contributed by atoms with Crippen LogP contribution in [0.25, 0.3) is 22.3 Å². The van der Waals surface area contributed by atoms with Crippen LogP contribution in [0, 0.1) is 5.41 Å². The standard InChI is InChI=1S/C23H22BrN5O5S.C23H24BrN5O4S/c1-30-16-6-12(7-17(31-2)20(16)32-3)4-5-29-22-19(21(25)26-10-27-22)28-23(29)35-18-9-15-14(8-13(18)24)33-11-34-15;1-30-14-5-6-15(24)18(11-14)34-23-27-19-21(25)26-12-29(22(19)28-23)8-7-13-9-16(31-2)20(33-4)17(10-13)32-3/h6-10H,4-5,11H2,1-3H3,(H2,25,26,27);5-6,9-12,25H,7-8H2,1-4H3,(H,27,28). The van der Waals surface area contributed by atoms with Crippen LogP contribution >= 0.6 is 55.4 Å². The number of hydrogen-bond donors (Lipinski definition) is 3. The second-order valence-electron chi connectivity index (χ2n) is 14.7. The van der Waals surface area contributed by atoms with Gasteiger partial charge in [-0.15, -0.1) is 0 Å². The lowest BCUT2D eigenvalue weighted by Crippen LogP contribution is -2.13. The van der Waals surface area contributed by atoms with Crippen molar-refractivity contribution in [3.8, 4) is 51.7 Å². The van der Waals surface area contributed by atoms with E-state index in [1.54, 1.807) is 56.1 Å². The summed E-state index contributed by atoms with van der Waals surface area (Å²) in [4.78, 5) is 27.4. The van der Waals surface area contributed by atoms with Gasteiger partial charge in [-0.1, -0.05) is 23.5 Å². The number of aryl methyl sites for hydroxylation is 4. The van der Waals surface area contributed by atoms with Gasteiger partial charge in [-0.25, -0.2) is 24.9 Å². The lowest BCUT2D eigenvalue weighted by molar-refractivity contribution is 0.174. The minimum atomic E-state index is 0.142. The number of imidazole rings is 2. The molecule has 5 heterocycles. The maximum absolute atomic E-state index is 8.23. The normalized spacial score (nSPS) is 11.6.